The van der Waals surface area contributed by atoms with E-state index in [9.17, 15) is 9.18 Å². The first kappa shape index (κ1) is 15.0. The van der Waals surface area contributed by atoms with E-state index in [0.717, 1.165) is 5.69 Å². The molecule has 0 aliphatic carbocycles. The summed E-state index contributed by atoms with van der Waals surface area (Å²) < 4.78 is 19.9. The van der Waals surface area contributed by atoms with Crippen molar-refractivity contribution in [3.05, 3.63) is 65.9 Å². The zero-order chi connectivity index (χ0) is 16.2. The number of ether oxygens (including phenoxy) is 1. The lowest BCUT2D eigenvalue weighted by Crippen LogP contribution is -2.26. The molecule has 1 aromatic carbocycles. The molecule has 0 fully saturated rings. The highest BCUT2D eigenvalue weighted by molar-refractivity contribution is 5.96. The molecule has 0 atom stereocenters. The van der Waals surface area contributed by atoms with E-state index in [1.54, 1.807) is 34.9 Å². The number of hydrogen-bond donors (Lipinski definition) is 1. The maximum absolute atomic E-state index is 13.1. The summed E-state index contributed by atoms with van der Waals surface area (Å²) in [5, 5.41) is 2.84. The molecule has 0 aliphatic heterocycles. The minimum Gasteiger partial charge on any atom is -0.496 e. The number of imidazole rings is 1. The number of carbonyl (C=O) groups excluding carboxylic acids is 1. The van der Waals surface area contributed by atoms with Crippen molar-refractivity contribution >= 4 is 11.6 Å². The number of pyridine rings is 1. The molecule has 0 spiro atoms. The lowest BCUT2D eigenvalue weighted by molar-refractivity contribution is 0.0951. The summed E-state index contributed by atoms with van der Waals surface area (Å²) in [7, 11) is 1.53. The van der Waals surface area contributed by atoms with Gasteiger partial charge in [0.15, 0.2) is 0 Å². The minimum absolute atomic E-state index is 0.197. The van der Waals surface area contributed by atoms with Crippen LogP contribution >= 0.6 is 0 Å². The van der Waals surface area contributed by atoms with Crippen LogP contribution in [0.3, 0.4) is 0 Å². The number of carbonyl (C=O) groups is 1. The van der Waals surface area contributed by atoms with Crippen molar-refractivity contribution in [2.75, 3.05) is 13.7 Å². The molecule has 0 saturated heterocycles. The fourth-order valence-electron chi connectivity index (χ4n) is 2.37. The predicted molar refractivity (Wildman–Crippen MR) is 84.2 cm³/mol. The molecule has 2 heterocycles. The van der Waals surface area contributed by atoms with E-state index in [-0.39, 0.29) is 11.7 Å². The van der Waals surface area contributed by atoms with Gasteiger partial charge in [-0.2, -0.15) is 0 Å². The predicted octanol–water partition coefficient (Wildman–Crippen LogP) is 2.45. The summed E-state index contributed by atoms with van der Waals surface area (Å²) >= 11 is 0. The number of aromatic nitrogens is 2. The highest BCUT2D eigenvalue weighted by Crippen LogP contribution is 2.16. The first-order valence-electron chi connectivity index (χ1n) is 7.22. The Kier molecular flexibility index (Phi) is 4.23. The molecule has 1 N–H and O–H groups in total. The van der Waals surface area contributed by atoms with E-state index in [4.69, 9.17) is 4.74 Å². The maximum Gasteiger partial charge on any atom is 0.255 e. The molecule has 3 rings (SSSR count). The molecule has 6 heteroatoms. The molecule has 2 aromatic heterocycles. The molecule has 23 heavy (non-hydrogen) atoms. The molecule has 118 valence electrons. The quantitative estimate of drug-likeness (QED) is 0.787. The second-order valence-electron chi connectivity index (χ2n) is 5.05. The second-order valence-corrected chi connectivity index (χ2v) is 5.05. The third-order valence-electron chi connectivity index (χ3n) is 3.48. The number of halogens is 1. The topological polar surface area (TPSA) is 55.6 Å². The van der Waals surface area contributed by atoms with E-state index >= 15 is 0 Å². The van der Waals surface area contributed by atoms with Crippen LogP contribution < -0.4 is 10.1 Å². The average molecular weight is 313 g/mol. The van der Waals surface area contributed by atoms with Gasteiger partial charge < -0.3 is 14.5 Å². The van der Waals surface area contributed by atoms with Crippen molar-refractivity contribution in [1.82, 2.24) is 14.7 Å². The van der Waals surface area contributed by atoms with E-state index in [1.807, 2.05) is 6.07 Å². The zero-order valence-corrected chi connectivity index (χ0v) is 12.6. The molecule has 5 nitrogen and oxygen atoms in total. The summed E-state index contributed by atoms with van der Waals surface area (Å²) in [5.41, 5.74) is 1.96. The van der Waals surface area contributed by atoms with Gasteiger partial charge in [-0.1, -0.05) is 12.1 Å². The highest BCUT2D eigenvalue weighted by Gasteiger charge is 2.11. The molecule has 1 amide bonds. The maximum atomic E-state index is 13.1. The highest BCUT2D eigenvalue weighted by atomic mass is 19.1. The molecule has 0 unspecified atom stereocenters. The first-order valence-corrected chi connectivity index (χ1v) is 7.22. The van der Waals surface area contributed by atoms with Gasteiger partial charge in [0, 0.05) is 25.4 Å². The standard InChI is InChI=1S/C17H16FN3O2/c1-23-15-5-3-2-4-14(15)17(22)19-9-8-13-11-21-10-12(18)6-7-16(21)20-13/h2-7,10-11H,8-9H2,1H3,(H,19,22). The van der Waals surface area contributed by atoms with Crippen molar-refractivity contribution in [1.29, 1.82) is 0 Å². The number of nitrogens with one attached hydrogen (secondary N) is 1. The summed E-state index contributed by atoms with van der Waals surface area (Å²) in [6.45, 7) is 0.434. The van der Waals surface area contributed by atoms with Crippen molar-refractivity contribution in [2.45, 2.75) is 6.42 Å². The van der Waals surface area contributed by atoms with Crippen molar-refractivity contribution < 1.29 is 13.9 Å². The van der Waals surface area contributed by atoms with Gasteiger partial charge in [0.05, 0.1) is 18.4 Å². The SMILES string of the molecule is COc1ccccc1C(=O)NCCc1cn2cc(F)ccc2n1. The monoisotopic (exact) mass is 313 g/mol. The number of fused-ring (bicyclic) bond motifs is 1. The van der Waals surface area contributed by atoms with Crippen LogP contribution in [-0.4, -0.2) is 28.9 Å². The Morgan fingerprint density at radius 1 is 1.26 bits per heavy atom. The summed E-state index contributed by atoms with van der Waals surface area (Å²) in [6.07, 6.45) is 3.69. The Labute approximate surface area is 132 Å². The van der Waals surface area contributed by atoms with Gasteiger partial charge in [-0.25, -0.2) is 9.37 Å². The molecule has 0 aliphatic rings. The fourth-order valence-corrected chi connectivity index (χ4v) is 2.37. The largest absolute Gasteiger partial charge is 0.496 e. The van der Waals surface area contributed by atoms with Crippen LogP contribution in [0.2, 0.25) is 0 Å². The zero-order valence-electron chi connectivity index (χ0n) is 12.6. The van der Waals surface area contributed by atoms with Crippen LogP contribution in [0.5, 0.6) is 5.75 Å². The van der Waals surface area contributed by atoms with E-state index in [1.165, 1.54) is 19.4 Å². The van der Waals surface area contributed by atoms with Crippen molar-refractivity contribution in [3.63, 3.8) is 0 Å². The molecule has 3 aromatic rings. The lowest BCUT2D eigenvalue weighted by atomic mass is 10.2. The van der Waals surface area contributed by atoms with Crippen LogP contribution in [0.1, 0.15) is 16.1 Å². The summed E-state index contributed by atoms with van der Waals surface area (Å²) in [5.74, 6) is 0.0244. The van der Waals surface area contributed by atoms with Gasteiger partial charge >= 0.3 is 0 Å². The van der Waals surface area contributed by atoms with Crippen LogP contribution in [0.4, 0.5) is 4.39 Å². The van der Waals surface area contributed by atoms with Crippen LogP contribution in [-0.2, 0) is 6.42 Å². The van der Waals surface area contributed by atoms with Gasteiger partial charge in [-0.05, 0) is 24.3 Å². The Morgan fingerprint density at radius 3 is 2.91 bits per heavy atom. The van der Waals surface area contributed by atoms with Gasteiger partial charge in [0.2, 0.25) is 0 Å². The third kappa shape index (κ3) is 3.31. The molecular weight excluding hydrogens is 297 g/mol. The number of methoxy groups -OCH3 is 1. The number of benzene rings is 1. The van der Waals surface area contributed by atoms with Gasteiger partial charge in [-0.3, -0.25) is 4.79 Å². The number of para-hydroxylation sites is 1. The Bertz CT molecular complexity index is 845. The lowest BCUT2D eigenvalue weighted by Gasteiger charge is -2.08. The average Bonchev–Trinajstić information content (AvgIpc) is 2.96. The minimum atomic E-state index is -0.314. The van der Waals surface area contributed by atoms with E-state index < -0.39 is 0 Å². The van der Waals surface area contributed by atoms with Crippen molar-refractivity contribution in [3.8, 4) is 5.75 Å². The van der Waals surface area contributed by atoms with Crippen LogP contribution in [0.15, 0.2) is 48.8 Å². The second kappa shape index (κ2) is 6.48. The third-order valence-corrected chi connectivity index (χ3v) is 3.48. The van der Waals surface area contributed by atoms with Crippen LogP contribution in [0.25, 0.3) is 5.65 Å². The first-order chi connectivity index (χ1) is 11.2. The fraction of sp³-hybridized carbons (Fsp3) is 0.176. The number of amides is 1. The smallest absolute Gasteiger partial charge is 0.255 e. The summed E-state index contributed by atoms with van der Waals surface area (Å²) in [4.78, 5) is 16.5. The van der Waals surface area contributed by atoms with Gasteiger partial charge in [-0.15, -0.1) is 0 Å². The Hall–Kier alpha value is -2.89. The van der Waals surface area contributed by atoms with Crippen molar-refractivity contribution in [2.24, 2.45) is 0 Å². The Balaban J connectivity index is 1.63. The normalized spacial score (nSPS) is 10.7. The van der Waals surface area contributed by atoms with E-state index in [0.29, 0.717) is 29.9 Å². The van der Waals surface area contributed by atoms with Gasteiger partial charge in [0.25, 0.3) is 5.91 Å². The number of rotatable bonds is 5. The van der Waals surface area contributed by atoms with Gasteiger partial charge in [0.1, 0.15) is 17.2 Å². The molecule has 0 bridgehead atoms. The molecular formula is C17H16FN3O2. The number of nitrogens with zero attached hydrogens (tertiary/aromatic N) is 2. The summed E-state index contributed by atoms with van der Waals surface area (Å²) in [6, 6.07) is 10.0. The van der Waals surface area contributed by atoms with E-state index in [2.05, 4.69) is 10.3 Å². The number of hydrogen-bond acceptors (Lipinski definition) is 3. The molecule has 0 radical (unpaired) electrons. The molecule has 0 saturated carbocycles. The van der Waals surface area contributed by atoms with Crippen LogP contribution in [0, 0.1) is 5.82 Å². The Morgan fingerprint density at radius 2 is 2.09 bits per heavy atom.